The van der Waals surface area contributed by atoms with E-state index in [9.17, 15) is 14.7 Å². The van der Waals surface area contributed by atoms with Crippen molar-refractivity contribution in [2.45, 2.75) is 39.0 Å². The van der Waals surface area contributed by atoms with E-state index in [1.807, 2.05) is 12.1 Å². The lowest BCUT2D eigenvalue weighted by Gasteiger charge is -2.31. The molecule has 1 fully saturated rings. The number of nitrogens with one attached hydrogen (secondary N) is 1. The van der Waals surface area contributed by atoms with Crippen LogP contribution in [0.4, 0.5) is 0 Å². The lowest BCUT2D eigenvalue weighted by Crippen LogP contribution is -2.47. The van der Waals surface area contributed by atoms with Gasteiger partial charge in [-0.2, -0.15) is 0 Å². The van der Waals surface area contributed by atoms with Crippen molar-refractivity contribution in [1.82, 2.24) is 15.1 Å². The third kappa shape index (κ3) is 7.33. The number of rotatable bonds is 7. The first-order valence-corrected chi connectivity index (χ1v) is 11.5. The van der Waals surface area contributed by atoms with E-state index >= 15 is 0 Å². The van der Waals surface area contributed by atoms with E-state index < -0.39 is 18.1 Å². The van der Waals surface area contributed by atoms with Gasteiger partial charge >= 0.3 is 0 Å². The Hall–Kier alpha value is -3.36. The quantitative estimate of drug-likeness (QED) is 0.613. The van der Waals surface area contributed by atoms with Gasteiger partial charge in [-0.05, 0) is 68.1 Å². The number of hydrogen-bond donors (Lipinski definition) is 2. The predicted molar refractivity (Wildman–Crippen MR) is 130 cm³/mol. The second kappa shape index (κ2) is 12.2. The smallest absolute Gasteiger partial charge is 0.251 e. The van der Waals surface area contributed by atoms with Gasteiger partial charge in [0.1, 0.15) is 11.8 Å². The molecule has 0 bridgehead atoms. The largest absolute Gasteiger partial charge is 0.451 e. The van der Waals surface area contributed by atoms with Gasteiger partial charge in [0.05, 0.1) is 12.6 Å². The Morgan fingerprint density at radius 2 is 1.74 bits per heavy atom. The minimum atomic E-state index is -0.961. The number of ketones is 1. The second-order valence-electron chi connectivity index (χ2n) is 8.43. The van der Waals surface area contributed by atoms with Crippen molar-refractivity contribution in [2.24, 2.45) is 0 Å². The Balaban J connectivity index is 1.54. The fraction of sp³-hybridized carbons (Fsp3) is 0.407. The number of piperazine rings is 1. The van der Waals surface area contributed by atoms with E-state index in [2.05, 4.69) is 45.8 Å². The van der Waals surface area contributed by atoms with E-state index in [0.29, 0.717) is 16.9 Å². The number of nitrogens with zero attached hydrogens (tertiary/aromatic N) is 2. The molecule has 1 aromatic heterocycles. The molecule has 1 aromatic carbocycles. The number of furan rings is 1. The van der Waals surface area contributed by atoms with Crippen LogP contribution in [0, 0.1) is 23.7 Å². The summed E-state index contributed by atoms with van der Waals surface area (Å²) in [5.74, 6) is 12.3. The van der Waals surface area contributed by atoms with Gasteiger partial charge < -0.3 is 19.7 Å². The highest BCUT2D eigenvalue weighted by Crippen LogP contribution is 2.11. The van der Waals surface area contributed by atoms with Crippen LogP contribution in [0.1, 0.15) is 47.7 Å². The van der Waals surface area contributed by atoms with Crippen molar-refractivity contribution in [2.75, 3.05) is 33.2 Å². The maximum Gasteiger partial charge on any atom is 0.251 e. The summed E-state index contributed by atoms with van der Waals surface area (Å²) in [6.45, 7) is 8.15. The highest BCUT2D eigenvalue weighted by Gasteiger charge is 2.24. The molecule has 2 N–H and O–H groups in total. The Labute approximate surface area is 201 Å². The molecule has 178 valence electrons. The Morgan fingerprint density at radius 3 is 2.38 bits per heavy atom. The molecule has 0 radical (unpaired) electrons. The molecule has 3 rings (SSSR count). The normalized spacial score (nSPS) is 15.9. The van der Waals surface area contributed by atoms with E-state index in [0.717, 1.165) is 38.5 Å². The molecule has 1 amide bonds. The van der Waals surface area contributed by atoms with E-state index in [1.54, 1.807) is 31.2 Å². The summed E-state index contributed by atoms with van der Waals surface area (Å²) in [4.78, 5) is 29.0. The summed E-state index contributed by atoms with van der Waals surface area (Å²) in [5, 5.41) is 12.4. The molecule has 0 unspecified atom stereocenters. The predicted octanol–water partition coefficient (Wildman–Crippen LogP) is 1.89. The van der Waals surface area contributed by atoms with Crippen molar-refractivity contribution >= 4 is 11.7 Å². The van der Waals surface area contributed by atoms with Crippen LogP contribution in [0.2, 0.25) is 0 Å². The molecule has 7 heteroatoms. The summed E-state index contributed by atoms with van der Waals surface area (Å²) in [6.07, 6.45) is -0.724. The number of hydrogen-bond acceptors (Lipinski definition) is 6. The lowest BCUT2D eigenvalue weighted by molar-refractivity contribution is -0.122. The Morgan fingerprint density at radius 1 is 1.06 bits per heavy atom. The third-order valence-electron chi connectivity index (χ3n) is 5.70. The molecule has 0 spiro atoms. The first-order valence-electron chi connectivity index (χ1n) is 11.5. The van der Waals surface area contributed by atoms with Crippen LogP contribution in [0.15, 0.2) is 40.8 Å². The van der Waals surface area contributed by atoms with Crippen molar-refractivity contribution in [3.05, 3.63) is 59.0 Å². The molecule has 0 saturated carbocycles. The monoisotopic (exact) mass is 461 g/mol. The molecular formula is C27H31N3O4. The maximum atomic E-state index is 12.4. The van der Waals surface area contributed by atoms with Gasteiger partial charge in [-0.15, -0.1) is 0 Å². The first-order chi connectivity index (χ1) is 16.4. The molecule has 2 atom stereocenters. The average Bonchev–Trinajstić information content (AvgIpc) is 3.28. The fourth-order valence-corrected chi connectivity index (χ4v) is 3.57. The van der Waals surface area contributed by atoms with Crippen molar-refractivity contribution in [3.63, 3.8) is 0 Å². The average molecular weight is 462 g/mol. The van der Waals surface area contributed by atoms with Gasteiger partial charge in [-0.25, -0.2) is 0 Å². The molecular weight excluding hydrogens is 430 g/mol. The Bertz CT molecular complexity index is 1100. The molecule has 2 heterocycles. The molecule has 34 heavy (non-hydrogen) atoms. The summed E-state index contributed by atoms with van der Waals surface area (Å²) < 4.78 is 5.80. The van der Waals surface area contributed by atoms with Crippen molar-refractivity contribution in [3.8, 4) is 23.7 Å². The number of likely N-dealkylation sites (N-methyl/N-ethyl adjacent to an activating group) is 1. The van der Waals surface area contributed by atoms with Gasteiger partial charge in [0.15, 0.2) is 11.5 Å². The fourth-order valence-electron chi connectivity index (χ4n) is 3.57. The minimum Gasteiger partial charge on any atom is -0.451 e. The lowest BCUT2D eigenvalue weighted by atomic mass is 10.0. The van der Waals surface area contributed by atoms with Gasteiger partial charge in [-0.3, -0.25) is 14.5 Å². The van der Waals surface area contributed by atoms with E-state index in [1.165, 1.54) is 6.92 Å². The molecule has 2 aromatic rings. The van der Waals surface area contributed by atoms with Crippen LogP contribution in [0.3, 0.4) is 0 Å². The van der Waals surface area contributed by atoms with Crippen LogP contribution in [-0.4, -0.2) is 72.0 Å². The standard InChI is InChI=1S/C27H31N3O4/c1-4-25(32)26(20(2)31)28-27(33)22-11-9-21(10-12-22)7-5-6-8-23-13-14-24(34-23)19-30-17-15-29(3)16-18-30/h9-14,20,26,31H,4,15-19H2,1-3H3,(H,28,33)/t20-,26+/m1/s1. The number of carbonyl (C=O) groups excluding carboxylic acids is 2. The SMILES string of the molecule is CCC(=O)[C@@H](NC(=O)c1ccc(C#CC#Cc2ccc(CN3CCN(C)CC3)o2)cc1)[C@@H](C)O. The van der Waals surface area contributed by atoms with Crippen LogP contribution >= 0.6 is 0 Å². The Kier molecular flexibility index (Phi) is 9.07. The van der Waals surface area contributed by atoms with E-state index in [-0.39, 0.29) is 12.2 Å². The van der Waals surface area contributed by atoms with Gasteiger partial charge in [0.25, 0.3) is 5.91 Å². The highest BCUT2D eigenvalue weighted by atomic mass is 16.3. The van der Waals surface area contributed by atoms with Crippen molar-refractivity contribution < 1.29 is 19.1 Å². The van der Waals surface area contributed by atoms with Crippen LogP contribution < -0.4 is 5.32 Å². The molecule has 1 aliphatic rings. The van der Waals surface area contributed by atoms with Gasteiger partial charge in [-0.1, -0.05) is 12.8 Å². The third-order valence-corrected chi connectivity index (χ3v) is 5.70. The maximum absolute atomic E-state index is 12.4. The number of aliphatic hydroxyl groups excluding tert-OH is 1. The molecule has 0 aliphatic carbocycles. The zero-order valence-corrected chi connectivity index (χ0v) is 19.9. The summed E-state index contributed by atoms with van der Waals surface area (Å²) in [6, 6.07) is 9.56. The summed E-state index contributed by atoms with van der Waals surface area (Å²) in [7, 11) is 2.13. The summed E-state index contributed by atoms with van der Waals surface area (Å²) >= 11 is 0. The number of Topliss-reactive ketones (excluding diaryl/α,β-unsaturated/α-hetero) is 1. The molecule has 1 aliphatic heterocycles. The highest BCUT2D eigenvalue weighted by molar-refractivity contribution is 5.98. The van der Waals surface area contributed by atoms with Gasteiger partial charge in [0, 0.05) is 43.7 Å². The second-order valence-corrected chi connectivity index (χ2v) is 8.43. The molecule has 7 nitrogen and oxygen atoms in total. The van der Waals surface area contributed by atoms with Gasteiger partial charge in [0.2, 0.25) is 0 Å². The molecule has 1 saturated heterocycles. The number of benzene rings is 1. The van der Waals surface area contributed by atoms with Crippen LogP contribution in [-0.2, 0) is 11.3 Å². The van der Waals surface area contributed by atoms with Crippen LogP contribution in [0.25, 0.3) is 0 Å². The number of carbonyl (C=O) groups is 2. The van der Waals surface area contributed by atoms with E-state index in [4.69, 9.17) is 4.42 Å². The van der Waals surface area contributed by atoms with Crippen molar-refractivity contribution in [1.29, 1.82) is 0 Å². The number of amides is 1. The topological polar surface area (TPSA) is 86.0 Å². The first kappa shape index (κ1) is 25.3. The minimum absolute atomic E-state index is 0.215. The summed E-state index contributed by atoms with van der Waals surface area (Å²) in [5.41, 5.74) is 1.09. The van der Waals surface area contributed by atoms with Crippen LogP contribution in [0.5, 0.6) is 0 Å². The number of aliphatic hydroxyl groups is 1. The zero-order chi connectivity index (χ0) is 24.5. The zero-order valence-electron chi connectivity index (χ0n) is 19.9.